The number of rotatable bonds is 4. The first-order valence-corrected chi connectivity index (χ1v) is 11.4. The average Bonchev–Trinajstić information content (AvgIpc) is 3.27. The van der Waals surface area contributed by atoms with Gasteiger partial charge in [-0.05, 0) is 52.9 Å². The minimum atomic E-state index is -3.74. The number of hydrogen-bond donors (Lipinski definition) is 1. The smallest absolute Gasteiger partial charge is 0.304 e. The second-order valence-electron chi connectivity index (χ2n) is 7.72. The van der Waals surface area contributed by atoms with Crippen molar-refractivity contribution in [2.45, 2.75) is 13.0 Å². The number of nitrogens with one attached hydrogen (secondary N) is 1. The maximum Gasteiger partial charge on any atom is 0.304 e. The Morgan fingerprint density at radius 2 is 1.77 bits per heavy atom. The van der Waals surface area contributed by atoms with Crippen LogP contribution in [0.2, 0.25) is 0 Å². The molecule has 1 amide bonds. The molecule has 3 aromatic carbocycles. The van der Waals surface area contributed by atoms with Gasteiger partial charge in [0.15, 0.2) is 0 Å². The monoisotopic (exact) mass is 437 g/mol. The molecule has 1 fully saturated rings. The summed E-state index contributed by atoms with van der Waals surface area (Å²) in [5.41, 5.74) is 5.84. The summed E-state index contributed by atoms with van der Waals surface area (Å²) in [7, 11) is -3.74. The number of amides is 1. The van der Waals surface area contributed by atoms with E-state index in [4.69, 9.17) is 0 Å². The van der Waals surface area contributed by atoms with Crippen molar-refractivity contribution in [2.75, 3.05) is 18.0 Å². The van der Waals surface area contributed by atoms with Crippen LogP contribution in [0, 0.1) is 5.82 Å². The van der Waals surface area contributed by atoms with Gasteiger partial charge in [-0.1, -0.05) is 42.5 Å². The molecule has 0 aromatic heterocycles. The zero-order valence-electron chi connectivity index (χ0n) is 16.6. The summed E-state index contributed by atoms with van der Waals surface area (Å²) >= 11 is 0. The van der Waals surface area contributed by atoms with E-state index >= 15 is 0 Å². The Balaban J connectivity index is 1.38. The highest BCUT2D eigenvalue weighted by Gasteiger charge is 2.33. The molecule has 0 saturated carbocycles. The molecular formula is C23H20FN3O3S. The second kappa shape index (κ2) is 7.47. The van der Waals surface area contributed by atoms with Crippen LogP contribution >= 0.6 is 0 Å². The van der Waals surface area contributed by atoms with Gasteiger partial charge in [-0.25, -0.2) is 9.11 Å². The molecule has 1 saturated heterocycles. The maximum absolute atomic E-state index is 13.8. The molecule has 2 aliphatic heterocycles. The highest BCUT2D eigenvalue weighted by molar-refractivity contribution is 7.88. The number of halogens is 1. The van der Waals surface area contributed by atoms with E-state index in [1.165, 1.54) is 6.07 Å². The highest BCUT2D eigenvalue weighted by atomic mass is 32.2. The van der Waals surface area contributed by atoms with Gasteiger partial charge in [-0.2, -0.15) is 12.7 Å². The summed E-state index contributed by atoms with van der Waals surface area (Å²) in [5.74, 6) is -0.758. The number of fused-ring (bicyclic) bond motifs is 1. The third-order valence-electron chi connectivity index (χ3n) is 5.65. The molecule has 2 aliphatic rings. The number of carbonyl (C=O) groups is 1. The summed E-state index contributed by atoms with van der Waals surface area (Å²) in [4.78, 5) is 13.5. The molecule has 5 rings (SSSR count). The molecule has 0 atom stereocenters. The van der Waals surface area contributed by atoms with Crippen LogP contribution in [0.25, 0.3) is 11.1 Å². The first kappa shape index (κ1) is 19.7. The van der Waals surface area contributed by atoms with Crippen molar-refractivity contribution in [1.82, 2.24) is 9.03 Å². The van der Waals surface area contributed by atoms with Gasteiger partial charge < -0.3 is 4.90 Å². The van der Waals surface area contributed by atoms with Crippen molar-refractivity contribution >= 4 is 27.5 Å². The Kier molecular flexibility index (Phi) is 4.75. The summed E-state index contributed by atoms with van der Waals surface area (Å²) in [5, 5.41) is 0. The molecular weight excluding hydrogens is 417 g/mol. The summed E-state index contributed by atoms with van der Waals surface area (Å²) < 4.78 is 40.7. The van der Waals surface area contributed by atoms with Crippen molar-refractivity contribution in [2.24, 2.45) is 0 Å². The molecule has 8 heteroatoms. The fourth-order valence-electron chi connectivity index (χ4n) is 4.11. The summed E-state index contributed by atoms with van der Waals surface area (Å²) in [6, 6.07) is 20.6. The standard InChI is InChI=1S/C23H20FN3O3S/c24-20-9-8-18-10-11-27(22(18)13-20)21-3-1-2-19(12-21)17-6-4-16(5-7-17)14-26-15-23(28)25-31(26,29)30/h1-9,12-13H,10-11,14-15H2,(H,25,28). The predicted octanol–water partition coefficient (Wildman–Crippen LogP) is 3.36. The molecule has 0 radical (unpaired) electrons. The highest BCUT2D eigenvalue weighted by Crippen LogP contribution is 2.36. The van der Waals surface area contributed by atoms with Gasteiger partial charge >= 0.3 is 10.2 Å². The molecule has 3 aromatic rings. The molecule has 0 spiro atoms. The number of carbonyl (C=O) groups excluding carboxylic acids is 1. The summed E-state index contributed by atoms with van der Waals surface area (Å²) in [6.07, 6.45) is 0.880. The van der Waals surface area contributed by atoms with E-state index in [9.17, 15) is 17.6 Å². The van der Waals surface area contributed by atoms with Crippen molar-refractivity contribution < 1.29 is 17.6 Å². The Labute approximate surface area is 180 Å². The van der Waals surface area contributed by atoms with Crippen LogP contribution in [0.3, 0.4) is 0 Å². The quantitative estimate of drug-likeness (QED) is 0.680. The molecule has 158 valence electrons. The Hall–Kier alpha value is -3.23. The molecule has 0 aliphatic carbocycles. The average molecular weight is 437 g/mol. The fraction of sp³-hybridized carbons (Fsp3) is 0.174. The largest absolute Gasteiger partial charge is 0.341 e. The lowest BCUT2D eigenvalue weighted by atomic mass is 10.0. The number of nitrogens with zero attached hydrogens (tertiary/aromatic N) is 2. The third kappa shape index (κ3) is 3.80. The lowest BCUT2D eigenvalue weighted by Crippen LogP contribution is -2.29. The van der Waals surface area contributed by atoms with E-state index in [1.807, 2.05) is 53.3 Å². The Morgan fingerprint density at radius 1 is 0.968 bits per heavy atom. The maximum atomic E-state index is 13.8. The minimum absolute atomic E-state index is 0.136. The van der Waals surface area contributed by atoms with Gasteiger partial charge in [-0.15, -0.1) is 0 Å². The van der Waals surface area contributed by atoms with Gasteiger partial charge in [0.2, 0.25) is 5.91 Å². The van der Waals surface area contributed by atoms with E-state index in [2.05, 4.69) is 11.0 Å². The fourth-order valence-corrected chi connectivity index (χ4v) is 5.19. The summed E-state index contributed by atoms with van der Waals surface area (Å²) in [6.45, 7) is 0.778. The predicted molar refractivity (Wildman–Crippen MR) is 116 cm³/mol. The lowest BCUT2D eigenvalue weighted by molar-refractivity contribution is -0.118. The first-order valence-electron chi connectivity index (χ1n) is 9.95. The lowest BCUT2D eigenvalue weighted by Gasteiger charge is -2.20. The molecule has 1 N–H and O–H groups in total. The van der Waals surface area contributed by atoms with Gasteiger partial charge in [0, 0.05) is 24.5 Å². The second-order valence-corrected chi connectivity index (χ2v) is 9.39. The normalized spacial score (nSPS) is 17.6. The SMILES string of the molecule is O=C1CN(Cc2ccc(-c3cccc(N4CCc5ccc(F)cc54)c3)cc2)S(=O)(=O)N1. The van der Waals surface area contributed by atoms with Crippen molar-refractivity contribution in [3.05, 3.63) is 83.7 Å². The van der Waals surface area contributed by atoms with E-state index in [0.717, 1.165) is 50.9 Å². The number of anilines is 2. The van der Waals surface area contributed by atoms with Crippen LogP contribution in [0.15, 0.2) is 66.7 Å². The number of hydrogen-bond acceptors (Lipinski definition) is 4. The molecule has 6 nitrogen and oxygen atoms in total. The van der Waals surface area contributed by atoms with Crippen LogP contribution in [0.5, 0.6) is 0 Å². The van der Waals surface area contributed by atoms with Crippen molar-refractivity contribution in [3.8, 4) is 11.1 Å². The third-order valence-corrected chi connectivity index (χ3v) is 7.07. The Morgan fingerprint density at radius 3 is 2.52 bits per heavy atom. The van der Waals surface area contributed by atoms with E-state index in [1.54, 1.807) is 6.07 Å². The Bertz CT molecular complexity index is 1280. The van der Waals surface area contributed by atoms with Crippen molar-refractivity contribution in [1.29, 1.82) is 0 Å². The van der Waals surface area contributed by atoms with Crippen LogP contribution < -0.4 is 9.62 Å². The van der Waals surface area contributed by atoms with Gasteiger partial charge in [0.05, 0.1) is 6.54 Å². The van der Waals surface area contributed by atoms with Gasteiger partial charge in [0.1, 0.15) is 5.82 Å². The number of benzene rings is 3. The molecule has 31 heavy (non-hydrogen) atoms. The van der Waals surface area contributed by atoms with Gasteiger partial charge in [0.25, 0.3) is 0 Å². The minimum Gasteiger partial charge on any atom is -0.341 e. The molecule has 0 bridgehead atoms. The van der Waals surface area contributed by atoms with Crippen LogP contribution in [0.1, 0.15) is 11.1 Å². The van der Waals surface area contributed by atoms with E-state index in [0.29, 0.717) is 0 Å². The van der Waals surface area contributed by atoms with Gasteiger partial charge in [-0.3, -0.25) is 4.79 Å². The van der Waals surface area contributed by atoms with Crippen LogP contribution in [0.4, 0.5) is 15.8 Å². The van der Waals surface area contributed by atoms with Crippen molar-refractivity contribution in [3.63, 3.8) is 0 Å². The van der Waals surface area contributed by atoms with Crippen LogP contribution in [-0.4, -0.2) is 31.7 Å². The topological polar surface area (TPSA) is 69.7 Å². The zero-order valence-corrected chi connectivity index (χ0v) is 17.4. The molecule has 2 heterocycles. The molecule has 0 unspecified atom stereocenters. The van der Waals surface area contributed by atoms with E-state index < -0.39 is 16.1 Å². The van der Waals surface area contributed by atoms with Crippen LogP contribution in [-0.2, 0) is 28.0 Å². The zero-order chi connectivity index (χ0) is 21.6. The van der Waals surface area contributed by atoms with E-state index in [-0.39, 0.29) is 18.9 Å². The first-order chi connectivity index (χ1) is 14.9.